The summed E-state index contributed by atoms with van der Waals surface area (Å²) in [5.41, 5.74) is -1.59. The third-order valence-electron chi connectivity index (χ3n) is 2.25. The van der Waals surface area contributed by atoms with E-state index < -0.39 is 17.9 Å². The summed E-state index contributed by atoms with van der Waals surface area (Å²) in [4.78, 5) is 1.39. The van der Waals surface area contributed by atoms with Crippen LogP contribution in [0.1, 0.15) is 0 Å². The van der Waals surface area contributed by atoms with Crippen LogP contribution in [0.5, 0.6) is 0 Å². The third-order valence-corrected chi connectivity index (χ3v) is 2.25. The van der Waals surface area contributed by atoms with Crippen molar-refractivity contribution in [1.82, 2.24) is 4.90 Å². The van der Waals surface area contributed by atoms with Crippen LogP contribution in [0.2, 0.25) is 0 Å². The van der Waals surface area contributed by atoms with Gasteiger partial charge in [0.15, 0.2) is 5.72 Å². The summed E-state index contributed by atoms with van der Waals surface area (Å²) < 4.78 is 4.85. The van der Waals surface area contributed by atoms with E-state index in [0.29, 0.717) is 0 Å². The number of hydrogen-bond acceptors (Lipinski definition) is 5. The molecule has 0 aromatic rings. The molecule has 12 heavy (non-hydrogen) atoms. The first-order valence-corrected chi connectivity index (χ1v) is 3.83. The lowest BCUT2D eigenvalue weighted by atomic mass is 9.97. The predicted molar refractivity (Wildman–Crippen MR) is 41.5 cm³/mol. The highest BCUT2D eigenvalue weighted by atomic mass is 16.5. The second kappa shape index (κ2) is 3.27. The fourth-order valence-corrected chi connectivity index (χ4v) is 1.35. The van der Waals surface area contributed by atoms with Crippen molar-refractivity contribution in [1.29, 1.82) is 0 Å². The SMILES string of the molecule is CN(C)C1(O)[C@H](O)COC[C@@H]1O. The summed E-state index contributed by atoms with van der Waals surface area (Å²) in [5.74, 6) is 0. The van der Waals surface area contributed by atoms with Crippen molar-refractivity contribution in [3.05, 3.63) is 0 Å². The molecule has 3 N–H and O–H groups in total. The molecule has 3 atom stereocenters. The number of nitrogens with zero attached hydrogens (tertiary/aromatic N) is 1. The van der Waals surface area contributed by atoms with Crippen molar-refractivity contribution in [2.24, 2.45) is 0 Å². The first-order chi connectivity index (χ1) is 5.49. The van der Waals surface area contributed by atoms with Gasteiger partial charge in [0, 0.05) is 0 Å². The Balaban J connectivity index is 2.80. The van der Waals surface area contributed by atoms with Gasteiger partial charge in [-0.1, -0.05) is 0 Å². The Bertz CT molecular complexity index is 151. The normalized spacial score (nSPS) is 43.5. The van der Waals surface area contributed by atoms with Gasteiger partial charge in [-0.2, -0.15) is 0 Å². The van der Waals surface area contributed by atoms with E-state index in [4.69, 9.17) is 4.74 Å². The molecule has 0 bridgehead atoms. The van der Waals surface area contributed by atoms with E-state index in [1.165, 1.54) is 4.90 Å². The molecule has 0 aliphatic carbocycles. The quantitative estimate of drug-likeness (QED) is 0.404. The van der Waals surface area contributed by atoms with Crippen molar-refractivity contribution in [3.63, 3.8) is 0 Å². The number of hydrogen-bond donors (Lipinski definition) is 3. The Morgan fingerprint density at radius 3 is 1.92 bits per heavy atom. The van der Waals surface area contributed by atoms with E-state index in [1.54, 1.807) is 14.1 Å². The smallest absolute Gasteiger partial charge is 0.175 e. The zero-order valence-electron chi connectivity index (χ0n) is 7.27. The van der Waals surface area contributed by atoms with Crippen LogP contribution in [0.25, 0.3) is 0 Å². The monoisotopic (exact) mass is 177 g/mol. The van der Waals surface area contributed by atoms with Crippen LogP contribution in [0, 0.1) is 0 Å². The number of aliphatic hydroxyl groups is 3. The lowest BCUT2D eigenvalue weighted by Crippen LogP contribution is -2.66. The van der Waals surface area contributed by atoms with E-state index in [1.807, 2.05) is 0 Å². The molecule has 0 radical (unpaired) electrons. The number of aliphatic hydroxyl groups excluding tert-OH is 2. The lowest BCUT2D eigenvalue weighted by Gasteiger charge is -2.44. The Morgan fingerprint density at radius 2 is 1.67 bits per heavy atom. The summed E-state index contributed by atoms with van der Waals surface area (Å²) in [7, 11) is 3.19. The number of rotatable bonds is 1. The maximum absolute atomic E-state index is 9.83. The highest BCUT2D eigenvalue weighted by Gasteiger charge is 2.47. The summed E-state index contributed by atoms with van der Waals surface area (Å²) in [6.45, 7) is 0.0947. The van der Waals surface area contributed by atoms with Crippen LogP contribution in [0.4, 0.5) is 0 Å². The maximum atomic E-state index is 9.83. The summed E-state index contributed by atoms with van der Waals surface area (Å²) in [6.07, 6.45) is -2.15. The standard InChI is InChI=1S/C7H15NO4/c1-8(2)7(11)5(9)3-12-4-6(7)10/h5-6,9-11H,3-4H2,1-2H3/t5-,6+,7?. The first-order valence-electron chi connectivity index (χ1n) is 3.83. The van der Waals surface area contributed by atoms with Gasteiger partial charge in [0.25, 0.3) is 0 Å². The average molecular weight is 177 g/mol. The van der Waals surface area contributed by atoms with Crippen molar-refractivity contribution in [3.8, 4) is 0 Å². The van der Waals surface area contributed by atoms with Crippen LogP contribution in [-0.2, 0) is 4.74 Å². The zero-order chi connectivity index (χ0) is 9.35. The maximum Gasteiger partial charge on any atom is 0.175 e. The van der Waals surface area contributed by atoms with Crippen LogP contribution in [0.15, 0.2) is 0 Å². The van der Waals surface area contributed by atoms with Crippen molar-refractivity contribution < 1.29 is 20.1 Å². The zero-order valence-corrected chi connectivity index (χ0v) is 7.27. The predicted octanol–water partition coefficient (Wildman–Crippen LogP) is -2.01. The molecule has 1 unspecified atom stereocenters. The molecule has 1 aliphatic rings. The number of ether oxygens (including phenoxy) is 1. The Hall–Kier alpha value is -0.200. The molecular weight excluding hydrogens is 162 g/mol. The first kappa shape index (κ1) is 9.88. The molecule has 0 aromatic carbocycles. The van der Waals surface area contributed by atoms with Gasteiger partial charge >= 0.3 is 0 Å². The molecule has 5 heteroatoms. The molecule has 0 saturated carbocycles. The largest absolute Gasteiger partial charge is 0.386 e. The van der Waals surface area contributed by atoms with Crippen LogP contribution in [0.3, 0.4) is 0 Å². The average Bonchev–Trinajstić information content (AvgIpc) is 1.99. The Labute approximate surface area is 71.2 Å². The third kappa shape index (κ3) is 1.34. The molecule has 72 valence electrons. The second-order valence-electron chi connectivity index (χ2n) is 3.25. The van der Waals surface area contributed by atoms with E-state index in [-0.39, 0.29) is 13.2 Å². The molecule has 1 aliphatic heterocycles. The highest BCUT2D eigenvalue weighted by molar-refractivity contribution is 4.93. The van der Waals surface area contributed by atoms with Gasteiger partial charge in [0.1, 0.15) is 12.2 Å². The van der Waals surface area contributed by atoms with Gasteiger partial charge < -0.3 is 20.1 Å². The molecule has 0 aromatic heterocycles. The van der Waals surface area contributed by atoms with Crippen LogP contribution < -0.4 is 0 Å². The lowest BCUT2D eigenvalue weighted by molar-refractivity contribution is -0.267. The summed E-state index contributed by atoms with van der Waals surface area (Å²) in [5, 5.41) is 28.6. The fourth-order valence-electron chi connectivity index (χ4n) is 1.35. The minimum atomic E-state index is -1.59. The van der Waals surface area contributed by atoms with Gasteiger partial charge in [-0.25, -0.2) is 0 Å². The highest BCUT2D eigenvalue weighted by Crippen LogP contribution is 2.23. The van der Waals surface area contributed by atoms with Gasteiger partial charge in [-0.05, 0) is 14.1 Å². The fraction of sp³-hybridized carbons (Fsp3) is 1.00. The van der Waals surface area contributed by atoms with E-state index in [0.717, 1.165) is 0 Å². The number of likely N-dealkylation sites (N-methyl/N-ethyl adjacent to an activating group) is 1. The van der Waals surface area contributed by atoms with Crippen molar-refractivity contribution in [2.45, 2.75) is 17.9 Å². The summed E-state index contributed by atoms with van der Waals surface area (Å²) >= 11 is 0. The molecule has 1 fully saturated rings. The Morgan fingerprint density at radius 1 is 1.25 bits per heavy atom. The molecular formula is C7H15NO4. The molecule has 0 spiro atoms. The molecule has 1 heterocycles. The van der Waals surface area contributed by atoms with Crippen LogP contribution >= 0.6 is 0 Å². The second-order valence-corrected chi connectivity index (χ2v) is 3.25. The van der Waals surface area contributed by atoms with E-state index in [9.17, 15) is 15.3 Å². The van der Waals surface area contributed by atoms with Crippen LogP contribution in [-0.4, -0.2) is 65.5 Å². The Kier molecular flexibility index (Phi) is 2.70. The van der Waals surface area contributed by atoms with Gasteiger partial charge in [0.05, 0.1) is 13.2 Å². The summed E-state index contributed by atoms with van der Waals surface area (Å²) in [6, 6.07) is 0. The molecule has 1 saturated heterocycles. The molecule has 5 nitrogen and oxygen atoms in total. The van der Waals surface area contributed by atoms with E-state index in [2.05, 4.69) is 0 Å². The van der Waals surface area contributed by atoms with Gasteiger partial charge in [-0.15, -0.1) is 0 Å². The van der Waals surface area contributed by atoms with Gasteiger partial charge in [-0.3, -0.25) is 4.90 Å². The van der Waals surface area contributed by atoms with Crippen molar-refractivity contribution >= 4 is 0 Å². The van der Waals surface area contributed by atoms with E-state index >= 15 is 0 Å². The molecule has 0 amide bonds. The van der Waals surface area contributed by atoms with Gasteiger partial charge in [0.2, 0.25) is 0 Å². The minimum Gasteiger partial charge on any atom is -0.386 e. The van der Waals surface area contributed by atoms with Crippen molar-refractivity contribution in [2.75, 3.05) is 27.3 Å². The minimum absolute atomic E-state index is 0.0474. The topological polar surface area (TPSA) is 73.2 Å². The molecule has 1 rings (SSSR count).